The Hall–Kier alpha value is -2.09. The lowest BCUT2D eigenvalue weighted by Gasteiger charge is -2.46. The van der Waals surface area contributed by atoms with Crippen LogP contribution in [0.3, 0.4) is 0 Å². The van der Waals surface area contributed by atoms with Crippen molar-refractivity contribution in [3.63, 3.8) is 0 Å². The molecule has 8 heteroatoms. The van der Waals surface area contributed by atoms with Gasteiger partial charge in [-0.25, -0.2) is 4.79 Å². The first-order valence-corrected chi connectivity index (χ1v) is 10.4. The summed E-state index contributed by atoms with van der Waals surface area (Å²) >= 11 is 0. The summed E-state index contributed by atoms with van der Waals surface area (Å²) in [5, 5.41) is 0. The molecule has 30 heavy (non-hydrogen) atoms. The Kier molecular flexibility index (Phi) is 5.33. The van der Waals surface area contributed by atoms with Gasteiger partial charge in [-0.05, 0) is 31.4 Å². The van der Waals surface area contributed by atoms with Crippen molar-refractivity contribution >= 4 is 11.8 Å². The zero-order valence-electron chi connectivity index (χ0n) is 17.2. The van der Waals surface area contributed by atoms with Crippen LogP contribution in [0.15, 0.2) is 24.3 Å². The Morgan fingerprint density at radius 2 is 1.73 bits per heavy atom. The largest absolute Gasteiger partial charge is 0.397 e. The van der Waals surface area contributed by atoms with E-state index in [1.165, 1.54) is 26.0 Å². The number of carbonyl (C=O) groups is 2. The lowest BCUT2D eigenvalue weighted by molar-refractivity contribution is -0.180. The average Bonchev–Trinajstić information content (AvgIpc) is 2.65. The minimum atomic E-state index is -4.31. The van der Waals surface area contributed by atoms with Gasteiger partial charge in [-0.3, -0.25) is 4.79 Å². The van der Waals surface area contributed by atoms with Crippen LogP contribution in [0.4, 0.5) is 18.0 Å². The van der Waals surface area contributed by atoms with Crippen LogP contribution in [-0.2, 0) is 14.9 Å². The number of ether oxygens (including phenoxy) is 1. The molecule has 0 saturated carbocycles. The molecule has 0 N–H and O–H groups in total. The number of ketones is 1. The predicted octanol–water partition coefficient (Wildman–Crippen LogP) is 3.73. The van der Waals surface area contributed by atoms with Crippen molar-refractivity contribution in [1.82, 2.24) is 9.80 Å². The quantitative estimate of drug-likeness (QED) is 0.727. The number of piperidine rings is 1. The summed E-state index contributed by atoms with van der Waals surface area (Å²) < 4.78 is 45.2. The number of hydrogen-bond donors (Lipinski definition) is 0. The molecule has 1 aromatic carbocycles. The molecule has 164 valence electrons. The second-order valence-electron chi connectivity index (χ2n) is 9.22. The van der Waals surface area contributed by atoms with E-state index in [1.807, 2.05) is 0 Å². The summed E-state index contributed by atoms with van der Waals surface area (Å²) in [6.45, 7) is 4.82. The molecule has 0 unspecified atom stereocenters. The van der Waals surface area contributed by atoms with E-state index in [0.29, 0.717) is 32.6 Å². The molecule has 4 rings (SSSR count). The Labute approximate surface area is 174 Å². The smallest absolute Gasteiger partial charge is 0.370 e. The Morgan fingerprint density at radius 3 is 2.37 bits per heavy atom. The van der Waals surface area contributed by atoms with Crippen LogP contribution < -0.4 is 0 Å². The average molecular weight is 424 g/mol. The zero-order valence-corrected chi connectivity index (χ0v) is 17.2. The topological polar surface area (TPSA) is 49.9 Å². The minimum Gasteiger partial charge on any atom is -0.370 e. The minimum absolute atomic E-state index is 0.0300. The second kappa shape index (κ2) is 7.55. The van der Waals surface area contributed by atoms with E-state index in [-0.39, 0.29) is 41.9 Å². The van der Waals surface area contributed by atoms with E-state index < -0.39 is 11.6 Å². The standard InChI is InChI=1S/C22H27F3N2O3/c1-21(2,22(23,24)25)17-5-3-14(4-6-17)16-11-27(12-16)20(29)26-8-7-19-15(10-26)9-18(28)13-30-19/h3-6,15-16,19H,7-13H2,1-2H3/t15-,19+/m1/s1. The van der Waals surface area contributed by atoms with Crippen molar-refractivity contribution in [3.8, 4) is 0 Å². The number of rotatable bonds is 2. The zero-order chi connectivity index (χ0) is 21.7. The molecule has 3 saturated heterocycles. The van der Waals surface area contributed by atoms with E-state index in [2.05, 4.69) is 0 Å². The lowest BCUT2D eigenvalue weighted by atomic mass is 9.82. The predicted molar refractivity (Wildman–Crippen MR) is 104 cm³/mol. The highest BCUT2D eigenvalue weighted by atomic mass is 19.4. The van der Waals surface area contributed by atoms with Gasteiger partial charge >= 0.3 is 12.2 Å². The summed E-state index contributed by atoms with van der Waals surface area (Å²) in [6, 6.07) is 6.53. The molecule has 2 atom stereocenters. The molecule has 3 heterocycles. The number of nitrogens with zero attached hydrogens (tertiary/aromatic N) is 2. The van der Waals surface area contributed by atoms with E-state index in [4.69, 9.17) is 4.74 Å². The molecule has 0 radical (unpaired) electrons. The molecule has 1 aromatic rings. The van der Waals surface area contributed by atoms with E-state index in [1.54, 1.807) is 21.9 Å². The number of urea groups is 1. The first-order valence-electron chi connectivity index (χ1n) is 10.4. The van der Waals surface area contributed by atoms with Gasteiger partial charge in [-0.15, -0.1) is 0 Å². The normalized spacial score (nSPS) is 25.7. The second-order valence-corrected chi connectivity index (χ2v) is 9.22. The SMILES string of the molecule is CC(C)(c1ccc(C2CN(C(=O)N3CC[C@@H]4OCC(=O)C[C@@H]4C3)C2)cc1)C(F)(F)F. The van der Waals surface area contributed by atoms with Gasteiger partial charge in [0.1, 0.15) is 6.61 Å². The summed E-state index contributed by atoms with van der Waals surface area (Å²) in [6.07, 6.45) is -3.03. The van der Waals surface area contributed by atoms with Crippen LogP contribution in [0, 0.1) is 5.92 Å². The number of halogens is 3. The number of hydrogen-bond acceptors (Lipinski definition) is 3. The molecule has 5 nitrogen and oxygen atoms in total. The number of alkyl halides is 3. The van der Waals surface area contributed by atoms with Crippen molar-refractivity contribution in [2.24, 2.45) is 5.92 Å². The number of amides is 2. The first kappa shape index (κ1) is 21.2. The van der Waals surface area contributed by atoms with Crippen molar-refractivity contribution in [2.75, 3.05) is 32.8 Å². The third-order valence-electron chi connectivity index (χ3n) is 6.85. The summed E-state index contributed by atoms with van der Waals surface area (Å²) in [5.41, 5.74) is -0.715. The number of likely N-dealkylation sites (tertiary alicyclic amines) is 2. The summed E-state index contributed by atoms with van der Waals surface area (Å²) in [4.78, 5) is 28.0. The third-order valence-corrected chi connectivity index (χ3v) is 6.85. The van der Waals surface area contributed by atoms with Gasteiger partial charge in [-0.2, -0.15) is 13.2 Å². The van der Waals surface area contributed by atoms with E-state index in [9.17, 15) is 22.8 Å². The van der Waals surface area contributed by atoms with Crippen molar-refractivity contribution in [2.45, 2.75) is 50.3 Å². The molecule has 3 aliphatic heterocycles. The number of fused-ring (bicyclic) bond motifs is 1. The highest BCUT2D eigenvalue weighted by molar-refractivity contribution is 5.81. The van der Waals surface area contributed by atoms with E-state index in [0.717, 1.165) is 12.0 Å². The van der Waals surface area contributed by atoms with Crippen LogP contribution >= 0.6 is 0 Å². The molecule has 0 aromatic heterocycles. The molecule has 0 bridgehead atoms. The summed E-state index contributed by atoms with van der Waals surface area (Å²) in [7, 11) is 0. The van der Waals surface area contributed by atoms with Crippen LogP contribution in [0.1, 0.15) is 43.7 Å². The molecular formula is C22H27F3N2O3. The van der Waals surface area contributed by atoms with Gasteiger partial charge in [0.15, 0.2) is 5.78 Å². The number of carbonyl (C=O) groups excluding carboxylic acids is 2. The highest BCUT2D eigenvalue weighted by Gasteiger charge is 2.48. The fourth-order valence-electron chi connectivity index (χ4n) is 4.53. The van der Waals surface area contributed by atoms with Gasteiger partial charge < -0.3 is 14.5 Å². The van der Waals surface area contributed by atoms with E-state index >= 15 is 0 Å². The molecule has 3 fully saturated rings. The van der Waals surface area contributed by atoms with Crippen LogP contribution in [0.25, 0.3) is 0 Å². The fraction of sp³-hybridized carbons (Fsp3) is 0.636. The molecule has 0 spiro atoms. The van der Waals surface area contributed by atoms with Crippen molar-refractivity contribution in [1.29, 1.82) is 0 Å². The van der Waals surface area contributed by atoms with Crippen molar-refractivity contribution < 1.29 is 27.5 Å². The molecule has 2 amide bonds. The van der Waals surface area contributed by atoms with Crippen LogP contribution in [0.5, 0.6) is 0 Å². The van der Waals surface area contributed by atoms with Gasteiger partial charge in [0, 0.05) is 44.4 Å². The van der Waals surface area contributed by atoms with Gasteiger partial charge in [0.2, 0.25) is 0 Å². The Bertz CT molecular complexity index is 816. The number of benzene rings is 1. The van der Waals surface area contributed by atoms with Crippen LogP contribution in [-0.4, -0.2) is 66.7 Å². The van der Waals surface area contributed by atoms with Gasteiger partial charge in [-0.1, -0.05) is 24.3 Å². The maximum atomic E-state index is 13.2. The molecule has 3 aliphatic rings. The maximum absolute atomic E-state index is 13.2. The lowest BCUT2D eigenvalue weighted by Crippen LogP contribution is -2.58. The van der Waals surface area contributed by atoms with Gasteiger partial charge in [0.25, 0.3) is 0 Å². The molecular weight excluding hydrogens is 397 g/mol. The van der Waals surface area contributed by atoms with Gasteiger partial charge in [0.05, 0.1) is 11.5 Å². The molecule has 0 aliphatic carbocycles. The summed E-state index contributed by atoms with van der Waals surface area (Å²) in [5.74, 6) is 0.298. The Balaban J connectivity index is 1.32. The van der Waals surface area contributed by atoms with Crippen molar-refractivity contribution in [3.05, 3.63) is 35.4 Å². The Morgan fingerprint density at radius 1 is 1.07 bits per heavy atom. The fourth-order valence-corrected chi connectivity index (χ4v) is 4.53. The van der Waals surface area contributed by atoms with Crippen LogP contribution in [0.2, 0.25) is 0 Å². The third kappa shape index (κ3) is 3.82. The highest BCUT2D eigenvalue weighted by Crippen LogP contribution is 2.41. The monoisotopic (exact) mass is 424 g/mol. The first-order chi connectivity index (χ1) is 14.1. The maximum Gasteiger partial charge on any atom is 0.397 e. The number of Topliss-reactive ketones (excluding diaryl/α,β-unsaturated/α-hetero) is 1.